The van der Waals surface area contributed by atoms with Gasteiger partial charge < -0.3 is 49.6 Å². The first-order valence-corrected chi connectivity index (χ1v) is 32.9. The van der Waals surface area contributed by atoms with Gasteiger partial charge in [-0.15, -0.1) is 0 Å². The topological polar surface area (TPSA) is 227 Å². The van der Waals surface area contributed by atoms with Gasteiger partial charge in [0.25, 0.3) is 0 Å². The summed E-state index contributed by atoms with van der Waals surface area (Å²) in [5, 5.41) is 59.1. The number of carbonyl (C=O) groups excluding carboxylic acids is 4. The van der Waals surface area contributed by atoms with E-state index in [0.29, 0.717) is 90.3 Å². The molecule has 0 spiro atoms. The second-order valence-corrected chi connectivity index (χ2v) is 31.1. The minimum absolute atomic E-state index is 0.0748. The van der Waals surface area contributed by atoms with Gasteiger partial charge in [-0.05, 0) is 214 Å². The first kappa shape index (κ1) is 93.6. The molecule has 0 amide bonds. The number of hydrogen-bond acceptors (Lipinski definition) is 14. The number of esters is 4. The van der Waals surface area contributed by atoms with Crippen molar-refractivity contribution in [3.05, 3.63) is 29.3 Å². The largest absolute Gasteiger partial charge is 0.462 e. The Balaban J connectivity index is 0.000000672. The Hall–Kier alpha value is -4.40. The molecule has 0 heterocycles. The van der Waals surface area contributed by atoms with E-state index in [1.54, 1.807) is 76.2 Å². The molecule has 586 valence electrons. The zero-order chi connectivity index (χ0) is 79.4. The van der Waals surface area contributed by atoms with Crippen LogP contribution >= 0.6 is 0 Å². The first-order chi connectivity index (χ1) is 44.2. The zero-order valence-corrected chi connectivity index (χ0v) is 60.4. The van der Waals surface area contributed by atoms with Crippen molar-refractivity contribution in [2.45, 2.75) is 311 Å². The van der Waals surface area contributed by atoms with Crippen LogP contribution in [0.2, 0.25) is 0 Å². The van der Waals surface area contributed by atoms with Gasteiger partial charge in [-0.3, -0.25) is 19.2 Å². The van der Waals surface area contributed by atoms with Crippen LogP contribution in [-0.4, -0.2) is 132 Å². The maximum Gasteiger partial charge on any atom is 0.421 e. The minimum Gasteiger partial charge on any atom is -0.462 e. The van der Waals surface area contributed by atoms with Crippen molar-refractivity contribution in [1.82, 2.24) is 0 Å². The Kier molecular flexibility index (Phi) is 30.5. The van der Waals surface area contributed by atoms with E-state index in [1.807, 2.05) is 6.92 Å². The molecule has 0 aliphatic heterocycles. The Labute approximate surface area is 573 Å². The summed E-state index contributed by atoms with van der Waals surface area (Å²) in [6, 6.07) is 1.61. The molecule has 100 heavy (non-hydrogen) atoms. The quantitative estimate of drug-likeness (QED) is 0.0275. The Morgan fingerprint density at radius 1 is 0.430 bits per heavy atom. The molecule has 3 fully saturated rings. The number of halogens is 18. The molecule has 13 unspecified atom stereocenters. The van der Waals surface area contributed by atoms with Crippen molar-refractivity contribution in [3.63, 3.8) is 0 Å². The first-order valence-electron chi connectivity index (χ1n) is 32.9. The van der Waals surface area contributed by atoms with Crippen LogP contribution in [0.4, 0.5) is 79.0 Å². The van der Waals surface area contributed by atoms with Gasteiger partial charge in [0.15, 0.2) is 33.6 Å². The van der Waals surface area contributed by atoms with Crippen molar-refractivity contribution in [2.24, 2.45) is 57.2 Å². The van der Waals surface area contributed by atoms with Crippen LogP contribution in [0.25, 0.3) is 0 Å². The smallest absolute Gasteiger partial charge is 0.421 e. The molecule has 14 nitrogen and oxygen atoms in total. The van der Waals surface area contributed by atoms with Gasteiger partial charge in [0.1, 0.15) is 24.1 Å². The number of rotatable bonds is 22. The SMILES string of the molecule is CCC(C)(C)C(=O)OC(CC(C)(O)C(F)(F)F)C(C)C.CCC(C)(C)C(=O)OC(CC(C)(O)C(F)(F)F)C1CC2CCC1C2.CCC(C)(C)C(=O)OC1CC(C(C)(O)C(F)(F)F)CC(C(C)(O)C(F)(F)F)C1.CCC(C)(C)C(=O)Oc1cc(C(C)(O)C(F)(F)F)cc(C(C)(O)C(F)(F)F)c1. The van der Waals surface area contributed by atoms with Crippen LogP contribution in [0.3, 0.4) is 0 Å². The lowest BCUT2D eigenvalue weighted by molar-refractivity contribution is -0.299. The van der Waals surface area contributed by atoms with E-state index in [2.05, 4.69) is 0 Å². The highest BCUT2D eigenvalue weighted by atomic mass is 19.4. The maximum absolute atomic E-state index is 13.3. The third kappa shape index (κ3) is 23.6. The number of alkyl halides is 18. The van der Waals surface area contributed by atoms with Crippen molar-refractivity contribution in [2.75, 3.05) is 0 Å². The van der Waals surface area contributed by atoms with Gasteiger partial charge in [-0.25, -0.2) is 0 Å². The summed E-state index contributed by atoms with van der Waals surface area (Å²) >= 11 is 0. The molecular weight excluding hydrogens is 1380 g/mol. The molecule has 32 heteroatoms. The standard InChI is InChI=1S/C18H28F6O4.C18H22F6O4.C18H29F3O3.C14H25F3O3/c2*1-6-14(2,3)13(25)28-12-8-10(15(4,26)17(19,20)21)7-11(9-12)16(5,27)18(22,23)24;1-5-16(2,3)15(22)24-14(10-17(4,23)18(19,20)21)13-9-11-6-7-12(13)8-11;1-7-12(4,5)11(18)20-10(9(2)3)8-13(6,19)14(15,16)17/h10-12,26-27H,6-9H2,1-5H3;7-9,26-27H,6H2,1-5H3;11-14,23H,5-10H2,1-4H3;9-10,19H,7-8H2,1-6H3. The summed E-state index contributed by atoms with van der Waals surface area (Å²) in [5.74, 6) is -6.24. The fraction of sp³-hybridized carbons (Fsp3) is 0.853. The number of fused-ring (bicyclic) bond motifs is 2. The molecule has 3 aliphatic carbocycles. The molecule has 13 atom stereocenters. The molecule has 3 aliphatic rings. The van der Waals surface area contributed by atoms with E-state index >= 15 is 0 Å². The summed E-state index contributed by atoms with van der Waals surface area (Å²) in [7, 11) is 0. The number of benzene rings is 1. The summed E-state index contributed by atoms with van der Waals surface area (Å²) in [5.41, 5.74) is -25.0. The van der Waals surface area contributed by atoms with E-state index < -0.39 is 195 Å². The van der Waals surface area contributed by atoms with Crippen molar-refractivity contribution < 1.29 is 148 Å². The lowest BCUT2D eigenvalue weighted by Gasteiger charge is -2.46. The molecule has 6 N–H and O–H groups in total. The molecule has 0 saturated heterocycles. The number of carbonyl (C=O) groups is 4. The zero-order valence-electron chi connectivity index (χ0n) is 60.4. The molecular formula is C68H104F18O14. The predicted molar refractivity (Wildman–Crippen MR) is 330 cm³/mol. The summed E-state index contributed by atoms with van der Waals surface area (Å²) < 4.78 is 257. The van der Waals surface area contributed by atoms with Crippen molar-refractivity contribution in [3.8, 4) is 5.75 Å². The molecule has 2 bridgehead atoms. The molecule has 1 aromatic rings. The van der Waals surface area contributed by atoms with E-state index in [0.717, 1.165) is 32.6 Å². The van der Waals surface area contributed by atoms with Crippen LogP contribution in [0.15, 0.2) is 18.2 Å². The maximum atomic E-state index is 13.3. The van der Waals surface area contributed by atoms with Crippen LogP contribution in [0.1, 0.15) is 233 Å². The highest BCUT2D eigenvalue weighted by Gasteiger charge is 2.63. The lowest BCUT2D eigenvalue weighted by Crippen LogP contribution is -2.57. The summed E-state index contributed by atoms with van der Waals surface area (Å²) in [6.07, 6.45) is -30.6. The lowest BCUT2D eigenvalue weighted by atomic mass is 9.67. The predicted octanol–water partition coefficient (Wildman–Crippen LogP) is 17.1. The van der Waals surface area contributed by atoms with Crippen molar-refractivity contribution in [1.29, 1.82) is 0 Å². The Bertz CT molecular complexity index is 2760. The third-order valence-electron chi connectivity index (χ3n) is 20.7. The highest BCUT2D eigenvalue weighted by Crippen LogP contribution is 2.54. The van der Waals surface area contributed by atoms with Gasteiger partial charge in [-0.1, -0.05) is 48.0 Å². The fourth-order valence-electron chi connectivity index (χ4n) is 10.5. The number of aliphatic hydroxyl groups is 6. The van der Waals surface area contributed by atoms with Gasteiger partial charge in [0.05, 0.1) is 21.7 Å². The van der Waals surface area contributed by atoms with Gasteiger partial charge in [-0.2, -0.15) is 79.0 Å². The van der Waals surface area contributed by atoms with Gasteiger partial charge >= 0.3 is 60.9 Å². The minimum atomic E-state index is -5.24. The molecule has 1 aromatic carbocycles. The van der Waals surface area contributed by atoms with E-state index in [9.17, 15) is 129 Å². The normalized spacial score (nSPS) is 24.0. The average Bonchev–Trinajstić information content (AvgIpc) is 0.866. The van der Waals surface area contributed by atoms with Gasteiger partial charge in [0.2, 0.25) is 0 Å². The second kappa shape index (κ2) is 32.5. The Morgan fingerprint density at radius 3 is 1.09 bits per heavy atom. The van der Waals surface area contributed by atoms with E-state index in [-0.39, 0.29) is 11.8 Å². The van der Waals surface area contributed by atoms with Crippen LogP contribution in [0, 0.1) is 57.2 Å². The van der Waals surface area contributed by atoms with Crippen LogP contribution in [-0.2, 0) is 44.6 Å². The number of ether oxygens (including phenoxy) is 4. The van der Waals surface area contributed by atoms with Crippen molar-refractivity contribution >= 4 is 23.9 Å². The number of hydrogen-bond donors (Lipinski definition) is 6. The second-order valence-electron chi connectivity index (χ2n) is 31.1. The monoisotopic (exact) mass is 1490 g/mol. The molecule has 4 rings (SSSR count). The molecule has 0 radical (unpaired) electrons. The van der Waals surface area contributed by atoms with Gasteiger partial charge in [0, 0.05) is 24.7 Å². The third-order valence-corrected chi connectivity index (χ3v) is 20.7. The fourth-order valence-corrected chi connectivity index (χ4v) is 10.5. The average molecular weight is 1490 g/mol. The molecule has 0 aromatic heterocycles. The summed E-state index contributed by atoms with van der Waals surface area (Å²) in [6.45, 7) is 26.3. The highest BCUT2D eigenvalue weighted by molar-refractivity contribution is 5.79. The van der Waals surface area contributed by atoms with Crippen LogP contribution < -0.4 is 4.74 Å². The van der Waals surface area contributed by atoms with E-state index in [1.165, 1.54) is 13.8 Å². The van der Waals surface area contributed by atoms with E-state index in [4.69, 9.17) is 18.9 Å². The summed E-state index contributed by atoms with van der Waals surface area (Å²) in [4.78, 5) is 48.8. The van der Waals surface area contributed by atoms with Crippen LogP contribution in [0.5, 0.6) is 5.75 Å². The molecule has 3 saturated carbocycles. The Morgan fingerprint density at radius 2 is 0.780 bits per heavy atom.